The van der Waals surface area contributed by atoms with Crippen LogP contribution in [0.2, 0.25) is 10.0 Å². The fraction of sp³-hybridized carbons (Fsp3) is 0.105. The van der Waals surface area contributed by atoms with Gasteiger partial charge >= 0.3 is 0 Å². The van der Waals surface area contributed by atoms with Gasteiger partial charge in [-0.15, -0.1) is 11.3 Å². The number of carbonyl (C=O) groups is 2. The van der Waals surface area contributed by atoms with Gasteiger partial charge in [-0.1, -0.05) is 23.2 Å². The van der Waals surface area contributed by atoms with E-state index in [0.29, 0.717) is 32.5 Å². The SMILES string of the molecule is O=C(CCNC(=O)c1ccc(F)cc1F)Nc1nc(-c2ccc(Cl)cc2Cl)cs1. The topological polar surface area (TPSA) is 71.1 Å². The molecule has 0 unspecified atom stereocenters. The standard InChI is InChI=1S/C19H13Cl2F2N3O2S/c20-10-1-3-12(14(21)7-10)16-9-29-19(25-16)26-17(27)5-6-24-18(28)13-4-2-11(22)8-15(13)23/h1-4,7-9H,5-6H2,(H,24,28)(H,25,26,27). The van der Waals surface area contributed by atoms with Gasteiger partial charge in [0.25, 0.3) is 5.91 Å². The first kappa shape index (κ1) is 21.2. The Labute approximate surface area is 178 Å². The van der Waals surface area contributed by atoms with Crippen LogP contribution >= 0.6 is 34.5 Å². The normalized spacial score (nSPS) is 10.6. The van der Waals surface area contributed by atoms with Crippen LogP contribution in [-0.2, 0) is 4.79 Å². The van der Waals surface area contributed by atoms with Crippen molar-refractivity contribution >= 4 is 51.5 Å². The molecule has 1 aromatic heterocycles. The van der Waals surface area contributed by atoms with Crippen LogP contribution in [0.25, 0.3) is 11.3 Å². The van der Waals surface area contributed by atoms with Gasteiger partial charge in [0.15, 0.2) is 5.13 Å². The Bertz CT molecular complexity index is 1080. The molecule has 0 aliphatic carbocycles. The van der Waals surface area contributed by atoms with Crippen LogP contribution in [0.3, 0.4) is 0 Å². The van der Waals surface area contributed by atoms with Crippen molar-refractivity contribution in [3.8, 4) is 11.3 Å². The minimum absolute atomic E-state index is 0.0251. The molecule has 0 aliphatic rings. The number of aromatic nitrogens is 1. The van der Waals surface area contributed by atoms with Crippen LogP contribution < -0.4 is 10.6 Å². The highest BCUT2D eigenvalue weighted by Crippen LogP contribution is 2.32. The molecule has 0 spiro atoms. The van der Waals surface area contributed by atoms with E-state index in [1.54, 1.807) is 23.6 Å². The summed E-state index contributed by atoms with van der Waals surface area (Å²) in [5.41, 5.74) is 0.977. The molecular weight excluding hydrogens is 443 g/mol. The summed E-state index contributed by atoms with van der Waals surface area (Å²) < 4.78 is 26.4. The molecule has 5 nitrogen and oxygen atoms in total. The maximum absolute atomic E-state index is 13.6. The Kier molecular flexibility index (Phi) is 6.79. The quantitative estimate of drug-likeness (QED) is 0.539. The number of hydrogen-bond donors (Lipinski definition) is 2. The van der Waals surface area contributed by atoms with Gasteiger partial charge in [0.2, 0.25) is 5.91 Å². The number of benzene rings is 2. The van der Waals surface area contributed by atoms with E-state index in [-0.39, 0.29) is 24.4 Å². The van der Waals surface area contributed by atoms with E-state index in [1.165, 1.54) is 11.3 Å². The van der Waals surface area contributed by atoms with Crippen molar-refractivity contribution in [3.63, 3.8) is 0 Å². The third-order valence-electron chi connectivity index (χ3n) is 3.77. The second kappa shape index (κ2) is 9.30. The smallest absolute Gasteiger partial charge is 0.254 e. The van der Waals surface area contributed by atoms with Gasteiger partial charge in [-0.05, 0) is 30.3 Å². The zero-order valence-electron chi connectivity index (χ0n) is 14.6. The molecular formula is C19H13Cl2F2N3O2S. The maximum atomic E-state index is 13.6. The molecule has 0 bridgehead atoms. The van der Waals surface area contributed by atoms with Crippen molar-refractivity contribution in [2.24, 2.45) is 0 Å². The molecule has 10 heteroatoms. The van der Waals surface area contributed by atoms with Crippen LogP contribution in [0.1, 0.15) is 16.8 Å². The first-order chi connectivity index (χ1) is 13.8. The Morgan fingerprint density at radius 1 is 1.10 bits per heavy atom. The predicted molar refractivity (Wildman–Crippen MR) is 110 cm³/mol. The molecule has 0 saturated heterocycles. The van der Waals surface area contributed by atoms with Gasteiger partial charge in [-0.2, -0.15) is 0 Å². The molecule has 0 fully saturated rings. The summed E-state index contributed by atoms with van der Waals surface area (Å²) in [7, 11) is 0. The highest BCUT2D eigenvalue weighted by Gasteiger charge is 2.14. The molecule has 3 aromatic rings. The summed E-state index contributed by atoms with van der Waals surface area (Å²) in [6.45, 7) is -0.0251. The largest absolute Gasteiger partial charge is 0.351 e. The van der Waals surface area contributed by atoms with Crippen LogP contribution in [0.4, 0.5) is 13.9 Å². The molecule has 0 atom stereocenters. The zero-order chi connectivity index (χ0) is 21.0. The van der Waals surface area contributed by atoms with Crippen LogP contribution in [0.15, 0.2) is 41.8 Å². The van der Waals surface area contributed by atoms with E-state index in [4.69, 9.17) is 23.2 Å². The summed E-state index contributed by atoms with van der Waals surface area (Å²) in [5.74, 6) is -2.86. The molecule has 3 rings (SSSR count). The average molecular weight is 456 g/mol. The first-order valence-electron chi connectivity index (χ1n) is 8.27. The Morgan fingerprint density at radius 2 is 1.90 bits per heavy atom. The molecule has 2 amide bonds. The third-order valence-corrected chi connectivity index (χ3v) is 5.08. The maximum Gasteiger partial charge on any atom is 0.254 e. The molecule has 0 saturated carbocycles. The molecule has 0 aliphatic heterocycles. The minimum Gasteiger partial charge on any atom is -0.351 e. The van der Waals surface area contributed by atoms with Crippen LogP contribution in [-0.4, -0.2) is 23.3 Å². The van der Waals surface area contributed by atoms with Gasteiger partial charge in [-0.3, -0.25) is 9.59 Å². The second-order valence-corrected chi connectivity index (χ2v) is 7.54. The van der Waals surface area contributed by atoms with Gasteiger partial charge in [0, 0.05) is 35.0 Å². The summed E-state index contributed by atoms with van der Waals surface area (Å²) in [6.07, 6.45) is -0.0504. The Morgan fingerprint density at radius 3 is 2.62 bits per heavy atom. The highest BCUT2D eigenvalue weighted by atomic mass is 35.5. The monoisotopic (exact) mass is 455 g/mol. The molecule has 29 heavy (non-hydrogen) atoms. The van der Waals surface area contributed by atoms with Gasteiger partial charge in [0.1, 0.15) is 11.6 Å². The van der Waals surface area contributed by atoms with E-state index in [1.807, 2.05) is 0 Å². The van der Waals surface area contributed by atoms with Crippen molar-refractivity contribution in [1.29, 1.82) is 0 Å². The van der Waals surface area contributed by atoms with E-state index >= 15 is 0 Å². The predicted octanol–water partition coefficient (Wildman–Crippen LogP) is 5.15. The lowest BCUT2D eigenvalue weighted by molar-refractivity contribution is -0.116. The lowest BCUT2D eigenvalue weighted by atomic mass is 10.2. The van der Waals surface area contributed by atoms with E-state index in [9.17, 15) is 18.4 Å². The van der Waals surface area contributed by atoms with Gasteiger partial charge < -0.3 is 10.6 Å². The number of nitrogens with one attached hydrogen (secondary N) is 2. The highest BCUT2D eigenvalue weighted by molar-refractivity contribution is 7.14. The minimum atomic E-state index is -0.969. The number of thiazole rings is 1. The van der Waals surface area contributed by atoms with Crippen molar-refractivity contribution in [2.45, 2.75) is 6.42 Å². The fourth-order valence-corrected chi connectivity index (χ4v) is 3.62. The van der Waals surface area contributed by atoms with E-state index in [0.717, 1.165) is 12.1 Å². The summed E-state index contributed by atoms with van der Waals surface area (Å²) >= 11 is 13.2. The zero-order valence-corrected chi connectivity index (χ0v) is 17.0. The van der Waals surface area contributed by atoms with E-state index < -0.39 is 17.5 Å². The van der Waals surface area contributed by atoms with E-state index in [2.05, 4.69) is 15.6 Å². The number of halogens is 4. The van der Waals surface area contributed by atoms with Crippen molar-refractivity contribution in [2.75, 3.05) is 11.9 Å². The lowest BCUT2D eigenvalue weighted by Gasteiger charge is -2.06. The van der Waals surface area contributed by atoms with Gasteiger partial charge in [-0.25, -0.2) is 13.8 Å². The first-order valence-corrected chi connectivity index (χ1v) is 9.91. The van der Waals surface area contributed by atoms with Crippen molar-refractivity contribution in [1.82, 2.24) is 10.3 Å². The number of anilines is 1. The van der Waals surface area contributed by atoms with Gasteiger partial charge in [0.05, 0.1) is 16.3 Å². The molecule has 2 aromatic carbocycles. The third kappa shape index (κ3) is 5.50. The second-order valence-electron chi connectivity index (χ2n) is 5.84. The Balaban J connectivity index is 1.52. The number of amides is 2. The van der Waals surface area contributed by atoms with Crippen molar-refractivity contribution in [3.05, 3.63) is 69.0 Å². The molecule has 1 heterocycles. The average Bonchev–Trinajstić information content (AvgIpc) is 3.09. The summed E-state index contributed by atoms with van der Waals surface area (Å²) in [4.78, 5) is 28.2. The Hall–Kier alpha value is -2.55. The molecule has 0 radical (unpaired) electrons. The number of carbonyl (C=O) groups excluding carboxylic acids is 2. The molecule has 150 valence electrons. The summed E-state index contributed by atoms with van der Waals surface area (Å²) in [6, 6.07) is 7.66. The number of nitrogens with zero attached hydrogens (tertiary/aromatic N) is 1. The summed E-state index contributed by atoms with van der Waals surface area (Å²) in [5, 5.41) is 8.08. The van der Waals surface area contributed by atoms with Crippen LogP contribution in [0, 0.1) is 11.6 Å². The van der Waals surface area contributed by atoms with Crippen LogP contribution in [0.5, 0.6) is 0 Å². The fourth-order valence-electron chi connectivity index (χ4n) is 2.39. The van der Waals surface area contributed by atoms with Crippen molar-refractivity contribution < 1.29 is 18.4 Å². The number of rotatable bonds is 6. The molecule has 2 N–H and O–H groups in total. The number of hydrogen-bond acceptors (Lipinski definition) is 4. The lowest BCUT2D eigenvalue weighted by Crippen LogP contribution is -2.28.